The predicted molar refractivity (Wildman–Crippen MR) is 199 cm³/mol. The summed E-state index contributed by atoms with van der Waals surface area (Å²) in [5.74, 6) is -6.25. The van der Waals surface area contributed by atoms with E-state index in [0.717, 1.165) is 0 Å². The quantitative estimate of drug-likeness (QED) is 0.101. The fraction of sp³-hybridized carbons (Fsp3) is 0.488. The Labute approximate surface area is 341 Å². The first-order chi connectivity index (χ1) is 28.5. The average molecular weight is 837 g/mol. The van der Waals surface area contributed by atoms with Gasteiger partial charge in [0.1, 0.15) is 35.6 Å². The van der Waals surface area contributed by atoms with Crippen LogP contribution in [0.4, 0.5) is 4.79 Å². The number of amides is 3. The third-order valence-corrected chi connectivity index (χ3v) is 11.8. The normalized spacial score (nSPS) is 29.4. The van der Waals surface area contributed by atoms with Crippen molar-refractivity contribution in [1.82, 2.24) is 10.4 Å². The highest BCUT2D eigenvalue weighted by Crippen LogP contribution is 2.52. The van der Waals surface area contributed by atoms with E-state index in [1.807, 2.05) is 0 Å². The Kier molecular flexibility index (Phi) is 11.6. The minimum atomic E-state index is -2.38. The summed E-state index contributed by atoms with van der Waals surface area (Å²) >= 11 is 0. The van der Waals surface area contributed by atoms with Gasteiger partial charge in [-0.05, 0) is 44.7 Å². The average Bonchev–Trinajstić information content (AvgIpc) is 3.53. The summed E-state index contributed by atoms with van der Waals surface area (Å²) < 4.78 is 22.8. The van der Waals surface area contributed by atoms with Gasteiger partial charge in [-0.2, -0.15) is 0 Å². The number of alkyl carbamates (subject to hydrolysis) is 1. The molecule has 19 nitrogen and oxygen atoms in total. The van der Waals surface area contributed by atoms with E-state index >= 15 is 0 Å². The lowest BCUT2D eigenvalue weighted by Gasteiger charge is -2.41. The number of fused-ring (bicyclic) bond motifs is 3. The summed E-state index contributed by atoms with van der Waals surface area (Å²) in [7, 11) is 1.29. The van der Waals surface area contributed by atoms with E-state index < -0.39 is 132 Å². The Hall–Kier alpha value is -5.73. The topological polar surface area (TPSA) is 282 Å². The Morgan fingerprint density at radius 3 is 2.42 bits per heavy atom. The van der Waals surface area contributed by atoms with Crippen LogP contribution in [0, 0.1) is 5.41 Å². The van der Waals surface area contributed by atoms with Crippen LogP contribution >= 0.6 is 0 Å². The monoisotopic (exact) mass is 836 g/mol. The molecule has 19 heteroatoms. The van der Waals surface area contributed by atoms with E-state index in [4.69, 9.17) is 23.8 Å². The fourth-order valence-electron chi connectivity index (χ4n) is 8.39. The van der Waals surface area contributed by atoms with Gasteiger partial charge in [0.25, 0.3) is 11.8 Å². The number of allylic oxidation sites excluding steroid dienone is 1. The van der Waals surface area contributed by atoms with Crippen molar-refractivity contribution < 1.29 is 82.9 Å². The van der Waals surface area contributed by atoms with Gasteiger partial charge in [0, 0.05) is 48.8 Å². The molecule has 0 saturated carbocycles. The highest BCUT2D eigenvalue weighted by molar-refractivity contribution is 6.31. The first-order valence-electron chi connectivity index (χ1n) is 19.4. The first kappa shape index (κ1) is 42.4. The van der Waals surface area contributed by atoms with Crippen molar-refractivity contribution in [3.63, 3.8) is 0 Å². The first-order valence-corrected chi connectivity index (χ1v) is 19.4. The second kappa shape index (κ2) is 16.4. The number of aliphatic hydroxyl groups is 3. The lowest BCUT2D eigenvalue weighted by atomic mass is 9.72. The summed E-state index contributed by atoms with van der Waals surface area (Å²) in [5, 5.41) is 58.5. The lowest BCUT2D eigenvalue weighted by Crippen LogP contribution is -2.53. The Balaban J connectivity index is 1.08. The van der Waals surface area contributed by atoms with Crippen molar-refractivity contribution in [2.24, 2.45) is 5.41 Å². The second-order valence-electron chi connectivity index (χ2n) is 15.8. The van der Waals surface area contributed by atoms with E-state index in [1.54, 1.807) is 19.1 Å². The van der Waals surface area contributed by atoms with Crippen molar-refractivity contribution in [2.75, 3.05) is 20.3 Å². The van der Waals surface area contributed by atoms with Gasteiger partial charge in [-0.3, -0.25) is 24.0 Å². The third-order valence-electron chi connectivity index (χ3n) is 11.8. The van der Waals surface area contributed by atoms with Crippen LogP contribution in [0.2, 0.25) is 0 Å². The molecule has 2 saturated heterocycles. The predicted octanol–water partition coefficient (Wildman–Crippen LogP) is 1.49. The van der Waals surface area contributed by atoms with Crippen LogP contribution in [0.25, 0.3) is 0 Å². The summed E-state index contributed by atoms with van der Waals surface area (Å²) in [6, 6.07) is 3.19. The number of aromatic hydroxyl groups is 2. The molecule has 2 heterocycles. The zero-order chi connectivity index (χ0) is 43.3. The Bertz CT molecular complexity index is 2190. The number of rotatable bonds is 9. The molecule has 2 fully saturated rings. The summed E-state index contributed by atoms with van der Waals surface area (Å²) in [5.41, 5.74) is -5.41. The van der Waals surface area contributed by atoms with Crippen LogP contribution in [-0.4, -0.2) is 122 Å². The lowest BCUT2D eigenvalue weighted by molar-refractivity contribution is -0.225. The molecule has 3 aliphatic carbocycles. The number of ether oxygens (including phenoxy) is 4. The van der Waals surface area contributed by atoms with Crippen molar-refractivity contribution in [3.05, 3.63) is 63.7 Å². The highest BCUT2D eigenvalue weighted by atomic mass is 16.7. The van der Waals surface area contributed by atoms with Gasteiger partial charge in [-0.15, -0.1) is 5.06 Å². The van der Waals surface area contributed by atoms with Crippen molar-refractivity contribution in [3.8, 4) is 17.2 Å². The molecule has 0 aromatic heterocycles. The maximum atomic E-state index is 13.9. The van der Waals surface area contributed by atoms with Crippen molar-refractivity contribution >= 4 is 41.2 Å². The summed E-state index contributed by atoms with van der Waals surface area (Å²) in [4.78, 5) is 96.2. The van der Waals surface area contributed by atoms with Gasteiger partial charge in [0.15, 0.2) is 17.9 Å². The number of phenolic OH excluding ortho intramolecular Hbond substituents is 2. The number of Topliss-reactive ketones (excluding diaryl/α,β-unsaturated/α-hetero) is 1. The molecule has 7 atom stereocenters. The molecule has 0 spiro atoms. The molecule has 320 valence electrons. The minimum Gasteiger partial charge on any atom is -0.507 e. The van der Waals surface area contributed by atoms with Gasteiger partial charge in [-0.25, -0.2) is 9.59 Å². The van der Waals surface area contributed by atoms with E-state index in [9.17, 15) is 59.1 Å². The number of nitrogens with zero attached hydrogens (tertiary/aromatic N) is 1. The number of nitrogens with one attached hydrogen (secondary N) is 1. The van der Waals surface area contributed by atoms with Gasteiger partial charge < -0.3 is 54.6 Å². The third kappa shape index (κ3) is 7.62. The molecule has 3 amide bonds. The van der Waals surface area contributed by atoms with Crippen LogP contribution in [0.1, 0.15) is 107 Å². The molecule has 6 N–H and O–H groups in total. The number of ketones is 3. The van der Waals surface area contributed by atoms with E-state index in [0.29, 0.717) is 17.9 Å². The smallest absolute Gasteiger partial charge is 0.408 e. The number of methoxy groups -OCH3 is 1. The summed E-state index contributed by atoms with van der Waals surface area (Å²) in [6.45, 7) is 0.122. The second-order valence-corrected chi connectivity index (χ2v) is 15.8. The zero-order valence-corrected chi connectivity index (χ0v) is 32.6. The number of hydrogen-bond acceptors (Lipinski definition) is 17. The number of phenols is 2. The van der Waals surface area contributed by atoms with E-state index in [1.165, 1.54) is 25.3 Å². The van der Waals surface area contributed by atoms with Crippen LogP contribution < -0.4 is 10.1 Å². The van der Waals surface area contributed by atoms with E-state index in [-0.39, 0.29) is 60.1 Å². The maximum absolute atomic E-state index is 13.9. The number of carbonyl (C=O) groups is 7. The van der Waals surface area contributed by atoms with Gasteiger partial charge >= 0.3 is 12.1 Å². The van der Waals surface area contributed by atoms with Crippen LogP contribution in [0.5, 0.6) is 17.2 Å². The molecule has 0 bridgehead atoms. The fourth-order valence-corrected chi connectivity index (χ4v) is 8.39. The SMILES string of the molecule is COc1cccc2c1C(=O)c1c(O)c3c(c(O)c1C2=O)CC(O)(C(=O)CO)CC3OC1CC(NC(=O)OC2/C=C/CCC(C)(C(=O)ON3C(=O)CCC3=O)CC2)C(O)CO1. The molecule has 2 aromatic rings. The van der Waals surface area contributed by atoms with Gasteiger partial charge in [0.05, 0.1) is 54.1 Å². The van der Waals surface area contributed by atoms with E-state index in [2.05, 4.69) is 5.32 Å². The molecule has 0 radical (unpaired) electrons. The maximum Gasteiger partial charge on any atom is 0.408 e. The highest BCUT2D eigenvalue weighted by Gasteiger charge is 2.50. The van der Waals surface area contributed by atoms with Crippen LogP contribution in [0.3, 0.4) is 0 Å². The number of benzene rings is 2. The number of hydrogen-bond donors (Lipinski definition) is 6. The standard InChI is InChI=1S/C41H44N2O17/c1-40(38(53)60-43-27(47)9-10-28(43)48)12-4-3-6-19(11-13-40)58-39(54)42-22-14-29(57-18-23(22)45)59-25-16-41(55,26(46)17-44)15-21-31(25)37(52)33-32(35(21)50)34(49)20-7-5-8-24(56-2)30(20)36(33)51/h3,5-8,19,22-23,25,29,44-45,50,52,55H,4,9-18H2,1-2H3,(H,42,54)/b6-3+. The molecule has 60 heavy (non-hydrogen) atoms. The Morgan fingerprint density at radius 1 is 1.00 bits per heavy atom. The summed E-state index contributed by atoms with van der Waals surface area (Å²) in [6.07, 6.45) is -3.15. The molecule has 5 aliphatic rings. The van der Waals surface area contributed by atoms with Crippen LogP contribution in [-0.2, 0) is 44.6 Å². The molecular weight excluding hydrogens is 792 g/mol. The Morgan fingerprint density at radius 2 is 1.72 bits per heavy atom. The van der Waals surface area contributed by atoms with Crippen molar-refractivity contribution in [1.29, 1.82) is 0 Å². The molecule has 7 rings (SSSR count). The minimum absolute atomic E-state index is 0.0363. The zero-order valence-electron chi connectivity index (χ0n) is 32.6. The molecular formula is C41H44N2O17. The van der Waals surface area contributed by atoms with Crippen LogP contribution in [0.15, 0.2) is 30.4 Å². The number of carbonyl (C=O) groups excluding carboxylic acids is 7. The molecule has 7 unspecified atom stereocenters. The number of aliphatic hydroxyl groups excluding tert-OH is 2. The molecule has 2 aliphatic heterocycles. The molecule has 2 aromatic carbocycles. The number of imide groups is 1. The van der Waals surface area contributed by atoms with Gasteiger partial charge in [0.2, 0.25) is 5.78 Å². The largest absolute Gasteiger partial charge is 0.507 e. The van der Waals surface area contributed by atoms with Crippen molar-refractivity contribution in [2.45, 2.75) is 101 Å². The number of hydroxylamine groups is 2. The van der Waals surface area contributed by atoms with Gasteiger partial charge in [-0.1, -0.05) is 18.2 Å².